The van der Waals surface area contributed by atoms with E-state index >= 15 is 0 Å². The van der Waals surface area contributed by atoms with Gasteiger partial charge in [-0.15, -0.1) is 0 Å². The van der Waals surface area contributed by atoms with Gasteiger partial charge < -0.3 is 5.11 Å². The van der Waals surface area contributed by atoms with E-state index in [2.05, 4.69) is 4.98 Å². The Labute approximate surface area is 95.1 Å². The molecular formula is C11H9FN2O3. The van der Waals surface area contributed by atoms with Crippen LogP contribution in [-0.2, 0) is 4.79 Å². The number of carbonyl (C=O) groups is 1. The van der Waals surface area contributed by atoms with Crippen LogP contribution in [0.15, 0.2) is 29.3 Å². The summed E-state index contributed by atoms with van der Waals surface area (Å²) in [5.74, 6) is -1.62. The molecule has 17 heavy (non-hydrogen) atoms. The van der Waals surface area contributed by atoms with E-state index in [0.717, 1.165) is 23.0 Å². The van der Waals surface area contributed by atoms with Gasteiger partial charge in [0.25, 0.3) is 5.56 Å². The van der Waals surface area contributed by atoms with E-state index in [0.29, 0.717) is 0 Å². The van der Waals surface area contributed by atoms with Crippen molar-refractivity contribution in [1.82, 2.24) is 9.55 Å². The molecule has 1 aromatic carbocycles. The third kappa shape index (κ3) is 1.89. The van der Waals surface area contributed by atoms with Crippen LogP contribution in [0.5, 0.6) is 0 Å². The van der Waals surface area contributed by atoms with Gasteiger partial charge in [-0.25, -0.2) is 14.2 Å². The molecule has 5 nitrogen and oxygen atoms in total. The molecule has 0 unspecified atom stereocenters. The van der Waals surface area contributed by atoms with Crippen molar-refractivity contribution in [1.29, 1.82) is 0 Å². The highest BCUT2D eigenvalue weighted by Crippen LogP contribution is 2.10. The Balaban J connectivity index is 2.70. The number of hydrogen-bond acceptors (Lipinski definition) is 3. The highest BCUT2D eigenvalue weighted by atomic mass is 19.1. The summed E-state index contributed by atoms with van der Waals surface area (Å²) in [5.41, 5.74) is -0.284. The van der Waals surface area contributed by atoms with Crippen molar-refractivity contribution in [2.24, 2.45) is 0 Å². The number of nitrogens with zero attached hydrogens (tertiary/aromatic N) is 2. The summed E-state index contributed by atoms with van der Waals surface area (Å²) >= 11 is 0. The van der Waals surface area contributed by atoms with Gasteiger partial charge in [0, 0.05) is 6.07 Å². The second-order valence-electron chi connectivity index (χ2n) is 3.63. The predicted molar refractivity (Wildman–Crippen MR) is 58.3 cm³/mol. The quantitative estimate of drug-likeness (QED) is 0.849. The lowest BCUT2D eigenvalue weighted by molar-refractivity contribution is -0.140. The van der Waals surface area contributed by atoms with Crippen molar-refractivity contribution in [3.8, 4) is 0 Å². The lowest BCUT2D eigenvalue weighted by atomic mass is 10.2. The maximum absolute atomic E-state index is 12.9. The minimum atomic E-state index is -1.13. The van der Waals surface area contributed by atoms with Crippen LogP contribution in [0, 0.1) is 5.82 Å². The predicted octanol–water partition coefficient (Wildman–Crippen LogP) is 1.18. The number of carboxylic acid groups (broad SMARTS) is 1. The Bertz CT molecular complexity index is 651. The van der Waals surface area contributed by atoms with Gasteiger partial charge in [-0.3, -0.25) is 9.36 Å². The second kappa shape index (κ2) is 3.97. The fourth-order valence-corrected chi connectivity index (χ4v) is 1.50. The Morgan fingerprint density at radius 1 is 1.53 bits per heavy atom. The number of fused-ring (bicyclic) bond motifs is 1. The normalized spacial score (nSPS) is 12.6. The van der Waals surface area contributed by atoms with E-state index in [1.807, 2.05) is 0 Å². The Morgan fingerprint density at radius 3 is 2.88 bits per heavy atom. The molecule has 2 rings (SSSR count). The van der Waals surface area contributed by atoms with E-state index in [1.165, 1.54) is 13.0 Å². The molecule has 0 saturated carbocycles. The number of rotatable bonds is 2. The summed E-state index contributed by atoms with van der Waals surface area (Å²) in [7, 11) is 0. The molecule has 0 fully saturated rings. The zero-order valence-corrected chi connectivity index (χ0v) is 8.92. The molecule has 1 heterocycles. The van der Waals surface area contributed by atoms with Gasteiger partial charge in [0.2, 0.25) is 0 Å². The van der Waals surface area contributed by atoms with Gasteiger partial charge in [0.1, 0.15) is 11.9 Å². The molecule has 0 aliphatic carbocycles. The topological polar surface area (TPSA) is 72.2 Å². The van der Waals surface area contributed by atoms with Crippen molar-refractivity contribution in [3.05, 3.63) is 40.7 Å². The van der Waals surface area contributed by atoms with E-state index < -0.39 is 23.4 Å². The number of benzene rings is 1. The minimum absolute atomic E-state index is 0.196. The first-order valence-electron chi connectivity index (χ1n) is 4.90. The molecule has 0 saturated heterocycles. The summed E-state index contributed by atoms with van der Waals surface area (Å²) in [4.78, 5) is 26.6. The molecule has 1 atom stereocenters. The Kier molecular flexibility index (Phi) is 2.63. The van der Waals surface area contributed by atoms with E-state index in [4.69, 9.17) is 5.11 Å². The van der Waals surface area contributed by atoms with Gasteiger partial charge in [-0.05, 0) is 19.1 Å². The van der Waals surface area contributed by atoms with Crippen LogP contribution >= 0.6 is 0 Å². The molecule has 1 aromatic heterocycles. The van der Waals surface area contributed by atoms with Crippen LogP contribution in [0.25, 0.3) is 10.9 Å². The molecule has 6 heteroatoms. The molecule has 0 radical (unpaired) electrons. The zero-order valence-electron chi connectivity index (χ0n) is 8.92. The zero-order chi connectivity index (χ0) is 12.6. The molecule has 1 N–H and O–H groups in total. The van der Waals surface area contributed by atoms with Crippen LogP contribution in [0.3, 0.4) is 0 Å². The maximum Gasteiger partial charge on any atom is 0.326 e. The number of aliphatic carboxylic acids is 1. The van der Waals surface area contributed by atoms with Gasteiger partial charge in [0.15, 0.2) is 0 Å². The van der Waals surface area contributed by atoms with Crippen molar-refractivity contribution < 1.29 is 14.3 Å². The highest BCUT2D eigenvalue weighted by Gasteiger charge is 2.16. The van der Waals surface area contributed by atoms with Crippen LogP contribution in [-0.4, -0.2) is 20.6 Å². The number of carboxylic acids is 1. The third-order valence-electron chi connectivity index (χ3n) is 2.52. The number of aromatic nitrogens is 2. The van der Waals surface area contributed by atoms with E-state index in [1.54, 1.807) is 0 Å². The van der Waals surface area contributed by atoms with Gasteiger partial charge >= 0.3 is 5.97 Å². The second-order valence-corrected chi connectivity index (χ2v) is 3.63. The molecule has 0 bridgehead atoms. The monoisotopic (exact) mass is 236 g/mol. The van der Waals surface area contributed by atoms with E-state index in [9.17, 15) is 14.0 Å². The fraction of sp³-hybridized carbons (Fsp3) is 0.182. The lowest BCUT2D eigenvalue weighted by Crippen LogP contribution is -2.28. The van der Waals surface area contributed by atoms with Crippen LogP contribution in [0.1, 0.15) is 13.0 Å². The van der Waals surface area contributed by atoms with Gasteiger partial charge in [0.05, 0.1) is 17.2 Å². The van der Waals surface area contributed by atoms with Crippen molar-refractivity contribution >= 4 is 16.9 Å². The van der Waals surface area contributed by atoms with Crippen LogP contribution < -0.4 is 5.56 Å². The summed E-state index contributed by atoms with van der Waals surface area (Å²) in [6, 6.07) is 2.56. The van der Waals surface area contributed by atoms with Crippen LogP contribution in [0.2, 0.25) is 0 Å². The lowest BCUT2D eigenvalue weighted by Gasteiger charge is -2.10. The van der Waals surface area contributed by atoms with Crippen molar-refractivity contribution in [2.45, 2.75) is 13.0 Å². The summed E-state index contributed by atoms with van der Waals surface area (Å²) in [5, 5.41) is 9.02. The van der Waals surface area contributed by atoms with Gasteiger partial charge in [-0.2, -0.15) is 0 Å². The third-order valence-corrected chi connectivity index (χ3v) is 2.52. The highest BCUT2D eigenvalue weighted by molar-refractivity contribution is 5.78. The molecule has 2 aromatic rings. The average molecular weight is 236 g/mol. The first kappa shape index (κ1) is 11.3. The minimum Gasteiger partial charge on any atom is -0.480 e. The van der Waals surface area contributed by atoms with Crippen molar-refractivity contribution in [3.63, 3.8) is 0 Å². The Morgan fingerprint density at radius 2 is 2.24 bits per heavy atom. The molecular weight excluding hydrogens is 227 g/mol. The van der Waals surface area contributed by atoms with Crippen LogP contribution in [0.4, 0.5) is 4.39 Å². The smallest absolute Gasteiger partial charge is 0.326 e. The molecule has 0 spiro atoms. The molecule has 0 aliphatic heterocycles. The first-order chi connectivity index (χ1) is 8.00. The summed E-state index contributed by atoms with van der Waals surface area (Å²) in [6.07, 6.45) is 1.11. The van der Waals surface area contributed by atoms with Crippen molar-refractivity contribution in [2.75, 3.05) is 0 Å². The summed E-state index contributed by atoms with van der Waals surface area (Å²) in [6.45, 7) is 1.38. The standard InChI is InChI=1S/C11H9FN2O3/c1-6(11(16)17)14-5-13-9-4-7(12)2-3-8(9)10(14)15/h2-6H,1H3,(H,16,17)/t6-/m1/s1. The average Bonchev–Trinajstić information content (AvgIpc) is 2.28. The van der Waals surface area contributed by atoms with Gasteiger partial charge in [-0.1, -0.05) is 0 Å². The fourth-order valence-electron chi connectivity index (χ4n) is 1.50. The Hall–Kier alpha value is -2.24. The van der Waals surface area contributed by atoms with E-state index in [-0.39, 0.29) is 10.9 Å². The molecule has 0 amide bonds. The number of hydrogen-bond donors (Lipinski definition) is 1. The largest absolute Gasteiger partial charge is 0.480 e. The summed E-state index contributed by atoms with van der Waals surface area (Å²) < 4.78 is 13.9. The maximum atomic E-state index is 12.9. The molecule has 88 valence electrons. The first-order valence-corrected chi connectivity index (χ1v) is 4.90. The SMILES string of the molecule is C[C@H](C(=O)O)n1cnc2cc(F)ccc2c1=O. The number of halogens is 1. The molecule has 0 aliphatic rings.